The lowest BCUT2D eigenvalue weighted by Crippen LogP contribution is -2.08. The first-order valence-corrected chi connectivity index (χ1v) is 23.6. The highest BCUT2D eigenvalue weighted by molar-refractivity contribution is 6.45. The van der Waals surface area contributed by atoms with Crippen LogP contribution in [0.15, 0.2) is 218 Å². The monoisotopic (exact) mass is 842 g/mol. The first-order valence-electron chi connectivity index (χ1n) is 23.6. The van der Waals surface area contributed by atoms with Crippen molar-refractivity contribution in [1.29, 1.82) is 0 Å². The normalized spacial score (nSPS) is 14.2. The summed E-state index contributed by atoms with van der Waals surface area (Å²) in [4.78, 5) is 0. The molecule has 0 amide bonds. The predicted molar refractivity (Wildman–Crippen MR) is 288 cm³/mol. The summed E-state index contributed by atoms with van der Waals surface area (Å²) in [6.45, 7) is 0. The molecule has 16 rings (SSSR count). The van der Waals surface area contributed by atoms with E-state index in [1.807, 2.05) is 0 Å². The van der Waals surface area contributed by atoms with Gasteiger partial charge in [-0.05, 0) is 170 Å². The summed E-state index contributed by atoms with van der Waals surface area (Å²) in [6.07, 6.45) is 7.34. The van der Waals surface area contributed by atoms with Gasteiger partial charge in [0, 0.05) is 5.92 Å². The lowest BCUT2D eigenvalue weighted by Gasteiger charge is -2.27. The summed E-state index contributed by atoms with van der Waals surface area (Å²) in [7, 11) is 0. The molecule has 0 N–H and O–H groups in total. The van der Waals surface area contributed by atoms with Crippen LogP contribution in [-0.2, 0) is 0 Å². The molecule has 0 radical (unpaired) electrons. The highest BCUT2D eigenvalue weighted by Gasteiger charge is 2.34. The van der Waals surface area contributed by atoms with Gasteiger partial charge in [0.15, 0.2) is 0 Å². The summed E-state index contributed by atoms with van der Waals surface area (Å²) >= 11 is 0. The maximum atomic E-state index is 2.56. The van der Waals surface area contributed by atoms with Gasteiger partial charge in [-0.1, -0.05) is 212 Å². The molecule has 0 nitrogen and oxygen atoms in total. The Balaban J connectivity index is 1.14. The van der Waals surface area contributed by atoms with Gasteiger partial charge in [-0.2, -0.15) is 0 Å². The van der Waals surface area contributed by atoms with Crippen molar-refractivity contribution >= 4 is 103 Å². The van der Waals surface area contributed by atoms with E-state index in [0.29, 0.717) is 0 Å². The molecule has 0 saturated heterocycles. The minimum absolute atomic E-state index is 0.0719. The number of hydrogen-bond acceptors (Lipinski definition) is 0. The van der Waals surface area contributed by atoms with Crippen molar-refractivity contribution in [2.24, 2.45) is 0 Å². The van der Waals surface area contributed by atoms with Crippen molar-refractivity contribution in [3.05, 3.63) is 235 Å². The Morgan fingerprint density at radius 2 is 0.687 bits per heavy atom. The largest absolute Gasteiger partial charge is 0.0726 e. The second-order valence-corrected chi connectivity index (χ2v) is 18.8. The van der Waals surface area contributed by atoms with Crippen molar-refractivity contribution in [3.63, 3.8) is 0 Å². The molecule has 0 aliphatic heterocycles. The van der Waals surface area contributed by atoms with Crippen molar-refractivity contribution < 1.29 is 0 Å². The molecule has 0 spiro atoms. The Labute approximate surface area is 386 Å². The Hall–Kier alpha value is -8.58. The summed E-state index contributed by atoms with van der Waals surface area (Å²) in [5, 5.41) is 25.5. The van der Waals surface area contributed by atoms with E-state index in [1.165, 1.54) is 158 Å². The van der Waals surface area contributed by atoms with Crippen molar-refractivity contribution in [2.45, 2.75) is 5.92 Å². The van der Waals surface area contributed by atoms with Crippen LogP contribution < -0.4 is 5.22 Å². The third-order valence-corrected chi connectivity index (χ3v) is 15.7. The van der Waals surface area contributed by atoms with Gasteiger partial charge in [0.2, 0.25) is 0 Å². The van der Waals surface area contributed by atoms with Crippen LogP contribution in [0, 0.1) is 0 Å². The molecule has 2 aliphatic rings. The first kappa shape index (κ1) is 35.7. The average Bonchev–Trinajstić information content (AvgIpc) is 3.79. The van der Waals surface area contributed by atoms with Crippen LogP contribution >= 0.6 is 0 Å². The maximum absolute atomic E-state index is 2.56. The Morgan fingerprint density at radius 1 is 0.269 bits per heavy atom. The van der Waals surface area contributed by atoms with Gasteiger partial charge in [0.05, 0.1) is 0 Å². The van der Waals surface area contributed by atoms with E-state index in [4.69, 9.17) is 0 Å². The molecule has 0 aromatic heterocycles. The molecule has 14 aromatic carbocycles. The number of hydrogen-bond donors (Lipinski definition) is 0. The average molecular weight is 843 g/mol. The standard InChI is InChI=1S/C67H38/c1-5-18-38(19-6-1)54-44-26-13-15-28-46(44)56(40-22-9-3-10-23-40)66-52-36-42-32-33-43-37-53-61-51(35-34-49-48-30-17-31-50(64(54)66)60(52)62(48)58(42)59(43)63(49)61)65-55(39-20-7-2-8-21-39)45-27-14-16-29-47(45)57(67(53)65)41-24-11-4-12-25-41/h1-37,48H. The van der Waals surface area contributed by atoms with E-state index in [0.717, 1.165) is 0 Å². The highest BCUT2D eigenvalue weighted by atomic mass is 14.4. The number of rotatable bonds is 4. The zero-order chi connectivity index (χ0) is 43.5. The quantitative estimate of drug-likeness (QED) is 0.155. The van der Waals surface area contributed by atoms with Gasteiger partial charge >= 0.3 is 0 Å². The van der Waals surface area contributed by atoms with Gasteiger partial charge in [0.1, 0.15) is 0 Å². The van der Waals surface area contributed by atoms with E-state index in [-0.39, 0.29) is 5.92 Å². The van der Waals surface area contributed by atoms with Crippen LogP contribution in [0.1, 0.15) is 17.0 Å². The predicted octanol–water partition coefficient (Wildman–Crippen LogP) is 17.7. The Kier molecular flexibility index (Phi) is 6.95. The fourth-order valence-corrected chi connectivity index (χ4v) is 13.3. The molecule has 0 fully saturated rings. The van der Waals surface area contributed by atoms with E-state index in [9.17, 15) is 0 Å². The molecule has 0 saturated carbocycles. The summed E-state index contributed by atoms with van der Waals surface area (Å²) in [6, 6.07) is 77.6. The summed E-state index contributed by atoms with van der Waals surface area (Å²) in [5.41, 5.74) is 13.1. The zero-order valence-electron chi connectivity index (χ0n) is 36.4. The number of benzene rings is 12. The van der Waals surface area contributed by atoms with Crippen LogP contribution in [-0.4, -0.2) is 0 Å². The zero-order valence-corrected chi connectivity index (χ0v) is 36.4. The Bertz CT molecular complexity index is 4560. The van der Waals surface area contributed by atoms with Crippen LogP contribution in [0.25, 0.3) is 148 Å². The van der Waals surface area contributed by atoms with Gasteiger partial charge in [0.25, 0.3) is 0 Å². The second-order valence-electron chi connectivity index (χ2n) is 18.8. The maximum Gasteiger partial charge on any atom is 0.0291 e. The first-order chi connectivity index (χ1) is 33.3. The van der Waals surface area contributed by atoms with Crippen molar-refractivity contribution in [1.82, 2.24) is 0 Å². The van der Waals surface area contributed by atoms with Crippen molar-refractivity contribution in [3.8, 4) is 44.5 Å². The summed E-state index contributed by atoms with van der Waals surface area (Å²) in [5.74, 6) is 0.0719. The lowest BCUT2D eigenvalue weighted by atomic mass is 9.75. The molecule has 306 valence electrons. The van der Waals surface area contributed by atoms with Crippen LogP contribution in [0.4, 0.5) is 0 Å². The van der Waals surface area contributed by atoms with Gasteiger partial charge in [-0.25, -0.2) is 0 Å². The third-order valence-electron chi connectivity index (χ3n) is 15.7. The van der Waals surface area contributed by atoms with Crippen LogP contribution in [0.5, 0.6) is 0 Å². The van der Waals surface area contributed by atoms with Gasteiger partial charge in [-0.3, -0.25) is 0 Å². The smallest absolute Gasteiger partial charge is 0.0291 e. The molecule has 2 aliphatic carbocycles. The van der Waals surface area contributed by atoms with Crippen molar-refractivity contribution in [2.75, 3.05) is 0 Å². The second kappa shape index (κ2) is 13.0. The third kappa shape index (κ3) is 4.52. The minimum Gasteiger partial charge on any atom is -0.0726 e. The van der Waals surface area contributed by atoms with E-state index < -0.39 is 0 Å². The SMILES string of the molecule is C1=CC2c3c4c(c5c(-c6ccccc6)c6ccccc6c(-c6ccccc6)c5c4cc4ccc5cc6c7c(-c8ccccc8)c8ccccc8c(-c8ccccc8)c7c7ccc2c(c76)c5c34)=C1. The van der Waals surface area contributed by atoms with E-state index >= 15 is 0 Å². The molecule has 0 bridgehead atoms. The molecule has 14 aromatic rings. The van der Waals surface area contributed by atoms with Crippen LogP contribution in [0.2, 0.25) is 0 Å². The van der Waals surface area contributed by atoms with Gasteiger partial charge in [-0.15, -0.1) is 0 Å². The molecule has 67 heavy (non-hydrogen) atoms. The van der Waals surface area contributed by atoms with Gasteiger partial charge < -0.3 is 0 Å². The number of allylic oxidation sites excluding steroid dienone is 2. The van der Waals surface area contributed by atoms with Crippen LogP contribution in [0.3, 0.4) is 0 Å². The topological polar surface area (TPSA) is 0 Å². The molecule has 1 unspecified atom stereocenters. The van der Waals surface area contributed by atoms with E-state index in [2.05, 4.69) is 224 Å². The fourth-order valence-electron chi connectivity index (χ4n) is 13.3. The molecule has 1 atom stereocenters. The molecular weight excluding hydrogens is 805 g/mol. The molecular formula is C67H38. The fraction of sp³-hybridized carbons (Fsp3) is 0.0149. The Morgan fingerprint density at radius 3 is 1.19 bits per heavy atom. The number of fused-ring (bicyclic) bond motifs is 9. The highest BCUT2D eigenvalue weighted by Crippen LogP contribution is 2.58. The summed E-state index contributed by atoms with van der Waals surface area (Å²) < 4.78 is 0. The molecule has 0 heterocycles. The lowest BCUT2D eigenvalue weighted by molar-refractivity contribution is 1.07. The molecule has 0 heteroatoms. The van der Waals surface area contributed by atoms with E-state index in [1.54, 1.807) is 0 Å². The minimum atomic E-state index is 0.0719.